The molecular formula is C17H23NO2S. The summed E-state index contributed by atoms with van der Waals surface area (Å²) in [6.45, 7) is 8.80. The van der Waals surface area contributed by atoms with Crippen LogP contribution in [0, 0.1) is 13.8 Å². The van der Waals surface area contributed by atoms with Crippen LogP contribution in [0.3, 0.4) is 0 Å². The second kappa shape index (κ2) is 7.48. The third-order valence-corrected chi connectivity index (χ3v) is 4.42. The Kier molecular flexibility index (Phi) is 5.65. The molecule has 2 rings (SSSR count). The van der Waals surface area contributed by atoms with Crippen LogP contribution in [0.5, 0.6) is 11.5 Å². The van der Waals surface area contributed by atoms with Crippen LogP contribution in [-0.2, 0) is 13.2 Å². The average Bonchev–Trinajstić information content (AvgIpc) is 2.84. The molecule has 0 atom stereocenters. The third kappa shape index (κ3) is 4.22. The van der Waals surface area contributed by atoms with Crippen LogP contribution < -0.4 is 14.8 Å². The Morgan fingerprint density at radius 1 is 1.14 bits per heavy atom. The predicted molar refractivity (Wildman–Crippen MR) is 88.5 cm³/mol. The summed E-state index contributed by atoms with van der Waals surface area (Å²) in [5.41, 5.74) is 2.41. The van der Waals surface area contributed by atoms with Crippen molar-refractivity contribution in [3.05, 3.63) is 45.1 Å². The Morgan fingerprint density at radius 3 is 2.67 bits per heavy atom. The van der Waals surface area contributed by atoms with E-state index >= 15 is 0 Å². The first-order valence-corrected chi connectivity index (χ1v) is 8.02. The molecule has 2 aromatic rings. The van der Waals surface area contributed by atoms with Crippen molar-refractivity contribution in [1.82, 2.24) is 5.32 Å². The normalized spacial score (nSPS) is 10.7. The summed E-state index contributed by atoms with van der Waals surface area (Å²) in [5, 5.41) is 3.35. The Morgan fingerprint density at radius 2 is 1.95 bits per heavy atom. The van der Waals surface area contributed by atoms with E-state index < -0.39 is 0 Å². The van der Waals surface area contributed by atoms with E-state index in [0.29, 0.717) is 6.61 Å². The van der Waals surface area contributed by atoms with E-state index in [1.165, 1.54) is 20.9 Å². The monoisotopic (exact) mass is 305 g/mol. The molecule has 0 amide bonds. The van der Waals surface area contributed by atoms with Gasteiger partial charge in [-0.25, -0.2) is 0 Å². The molecule has 0 bridgehead atoms. The molecule has 21 heavy (non-hydrogen) atoms. The van der Waals surface area contributed by atoms with Crippen LogP contribution in [-0.4, -0.2) is 13.7 Å². The fourth-order valence-electron chi connectivity index (χ4n) is 2.12. The van der Waals surface area contributed by atoms with Gasteiger partial charge in [0, 0.05) is 21.9 Å². The minimum atomic E-state index is 0.577. The zero-order chi connectivity index (χ0) is 15.2. The minimum absolute atomic E-state index is 0.577. The molecule has 0 spiro atoms. The SMILES string of the molecule is CCNCc1cc(COc2ccc(C)cc2OC)c(C)s1. The number of rotatable bonds is 7. The molecule has 1 aromatic carbocycles. The highest BCUT2D eigenvalue weighted by Gasteiger charge is 2.09. The summed E-state index contributed by atoms with van der Waals surface area (Å²) in [4.78, 5) is 2.66. The van der Waals surface area contributed by atoms with Crippen LogP contribution in [0.15, 0.2) is 24.3 Å². The summed E-state index contributed by atoms with van der Waals surface area (Å²) in [6.07, 6.45) is 0. The van der Waals surface area contributed by atoms with Crippen molar-refractivity contribution in [2.75, 3.05) is 13.7 Å². The maximum atomic E-state index is 5.93. The van der Waals surface area contributed by atoms with E-state index in [4.69, 9.17) is 9.47 Å². The molecule has 0 unspecified atom stereocenters. The van der Waals surface area contributed by atoms with Gasteiger partial charge < -0.3 is 14.8 Å². The molecule has 3 nitrogen and oxygen atoms in total. The summed E-state index contributed by atoms with van der Waals surface area (Å²) >= 11 is 1.83. The van der Waals surface area contributed by atoms with Crippen LogP contribution in [0.1, 0.15) is 27.8 Å². The van der Waals surface area contributed by atoms with Gasteiger partial charge in [0.05, 0.1) is 7.11 Å². The topological polar surface area (TPSA) is 30.5 Å². The van der Waals surface area contributed by atoms with Gasteiger partial charge in [-0.2, -0.15) is 0 Å². The smallest absolute Gasteiger partial charge is 0.161 e. The molecule has 0 saturated carbocycles. The van der Waals surface area contributed by atoms with Gasteiger partial charge in [-0.15, -0.1) is 11.3 Å². The Hall–Kier alpha value is -1.52. The highest BCUT2D eigenvalue weighted by Crippen LogP contribution is 2.30. The number of hydrogen-bond donors (Lipinski definition) is 1. The lowest BCUT2D eigenvalue weighted by atomic mass is 10.2. The lowest BCUT2D eigenvalue weighted by molar-refractivity contribution is 0.284. The van der Waals surface area contributed by atoms with E-state index in [1.807, 2.05) is 36.5 Å². The summed E-state index contributed by atoms with van der Waals surface area (Å²) in [6, 6.07) is 8.22. The number of ether oxygens (including phenoxy) is 2. The van der Waals surface area contributed by atoms with E-state index in [1.54, 1.807) is 7.11 Å². The van der Waals surface area contributed by atoms with Gasteiger partial charge in [0.25, 0.3) is 0 Å². The second-order valence-electron chi connectivity index (χ2n) is 5.02. The zero-order valence-corrected chi connectivity index (χ0v) is 14.0. The van der Waals surface area contributed by atoms with Gasteiger partial charge in [0.15, 0.2) is 11.5 Å². The van der Waals surface area contributed by atoms with Gasteiger partial charge in [-0.05, 0) is 44.2 Å². The zero-order valence-electron chi connectivity index (χ0n) is 13.2. The van der Waals surface area contributed by atoms with Crippen LogP contribution in [0.2, 0.25) is 0 Å². The molecule has 0 aliphatic carbocycles. The highest BCUT2D eigenvalue weighted by molar-refractivity contribution is 7.12. The molecular weight excluding hydrogens is 282 g/mol. The Balaban J connectivity index is 2.04. The highest BCUT2D eigenvalue weighted by atomic mass is 32.1. The molecule has 114 valence electrons. The molecule has 0 radical (unpaired) electrons. The number of hydrogen-bond acceptors (Lipinski definition) is 4. The summed E-state index contributed by atoms with van der Waals surface area (Å²) in [5.74, 6) is 1.58. The molecule has 0 fully saturated rings. The van der Waals surface area contributed by atoms with Crippen molar-refractivity contribution >= 4 is 11.3 Å². The van der Waals surface area contributed by atoms with Gasteiger partial charge in [-0.3, -0.25) is 0 Å². The second-order valence-corrected chi connectivity index (χ2v) is 6.36. The Labute approximate surface area is 130 Å². The summed E-state index contributed by atoms with van der Waals surface area (Å²) in [7, 11) is 1.67. The first-order chi connectivity index (χ1) is 10.1. The lowest BCUT2D eigenvalue weighted by Gasteiger charge is -2.11. The van der Waals surface area contributed by atoms with Crippen molar-refractivity contribution < 1.29 is 9.47 Å². The van der Waals surface area contributed by atoms with Crippen LogP contribution in [0.4, 0.5) is 0 Å². The van der Waals surface area contributed by atoms with Crippen molar-refractivity contribution in [2.45, 2.75) is 33.9 Å². The first kappa shape index (κ1) is 15.9. The van der Waals surface area contributed by atoms with Gasteiger partial charge in [-0.1, -0.05) is 13.0 Å². The van der Waals surface area contributed by atoms with Crippen LogP contribution in [0.25, 0.3) is 0 Å². The molecule has 4 heteroatoms. The van der Waals surface area contributed by atoms with Crippen LogP contribution >= 0.6 is 11.3 Å². The van der Waals surface area contributed by atoms with E-state index in [2.05, 4.69) is 25.2 Å². The van der Waals surface area contributed by atoms with E-state index in [-0.39, 0.29) is 0 Å². The fraction of sp³-hybridized carbons (Fsp3) is 0.412. The first-order valence-electron chi connectivity index (χ1n) is 7.20. The Bertz CT molecular complexity index is 592. The van der Waals surface area contributed by atoms with Crippen molar-refractivity contribution in [1.29, 1.82) is 0 Å². The predicted octanol–water partition coefficient (Wildman–Crippen LogP) is 4.06. The van der Waals surface area contributed by atoms with E-state index in [9.17, 15) is 0 Å². The van der Waals surface area contributed by atoms with Gasteiger partial charge in [0.1, 0.15) is 6.61 Å². The van der Waals surface area contributed by atoms with E-state index in [0.717, 1.165) is 24.6 Å². The number of methoxy groups -OCH3 is 1. The largest absolute Gasteiger partial charge is 0.493 e. The molecule has 1 N–H and O–H groups in total. The number of thiophene rings is 1. The number of benzene rings is 1. The number of aryl methyl sites for hydroxylation is 2. The quantitative estimate of drug-likeness (QED) is 0.836. The van der Waals surface area contributed by atoms with Crippen molar-refractivity contribution in [3.63, 3.8) is 0 Å². The number of nitrogens with one attached hydrogen (secondary N) is 1. The average molecular weight is 305 g/mol. The van der Waals surface area contributed by atoms with Crippen molar-refractivity contribution in [3.8, 4) is 11.5 Å². The minimum Gasteiger partial charge on any atom is -0.493 e. The van der Waals surface area contributed by atoms with Gasteiger partial charge >= 0.3 is 0 Å². The molecule has 0 aliphatic heterocycles. The maximum Gasteiger partial charge on any atom is 0.161 e. The maximum absolute atomic E-state index is 5.93. The molecule has 1 aromatic heterocycles. The standard InChI is InChI=1S/C17H23NO2S/c1-5-18-10-15-9-14(13(3)21-15)11-20-16-7-6-12(2)8-17(16)19-4/h6-9,18H,5,10-11H2,1-4H3. The summed E-state index contributed by atoms with van der Waals surface area (Å²) < 4.78 is 11.3. The van der Waals surface area contributed by atoms with Gasteiger partial charge in [0.2, 0.25) is 0 Å². The van der Waals surface area contributed by atoms with Crippen molar-refractivity contribution in [2.24, 2.45) is 0 Å². The molecule has 0 saturated heterocycles. The molecule has 1 heterocycles. The molecule has 0 aliphatic rings. The third-order valence-electron chi connectivity index (χ3n) is 3.32. The lowest BCUT2D eigenvalue weighted by Crippen LogP contribution is -2.10. The fourth-order valence-corrected chi connectivity index (χ4v) is 3.13.